The quantitative estimate of drug-likeness (QED) is 0.315. The molecule has 7 nitrogen and oxygen atoms in total. The molecule has 1 aromatic carbocycles. The van der Waals surface area contributed by atoms with Crippen LogP contribution < -0.4 is 5.32 Å². The van der Waals surface area contributed by atoms with Crippen molar-refractivity contribution in [2.75, 3.05) is 5.32 Å². The minimum Gasteiger partial charge on any atom is -0.338 e. The molecule has 0 saturated carbocycles. The molecule has 3 aromatic rings. The van der Waals surface area contributed by atoms with Gasteiger partial charge in [0.05, 0.1) is 33.8 Å². The summed E-state index contributed by atoms with van der Waals surface area (Å²) in [7, 11) is -3.45. The highest BCUT2D eigenvalue weighted by Gasteiger charge is 2.23. The Balaban J connectivity index is 2.14. The number of halogens is 2. The molecule has 0 radical (unpaired) electrons. The van der Waals surface area contributed by atoms with Gasteiger partial charge in [-0.3, -0.25) is 0 Å². The Labute approximate surface area is 164 Å². The Bertz CT molecular complexity index is 1040. The van der Waals surface area contributed by atoms with Gasteiger partial charge in [-0.25, -0.2) is 12.9 Å². The van der Waals surface area contributed by atoms with Gasteiger partial charge in [-0.05, 0) is 59.6 Å². The van der Waals surface area contributed by atoms with E-state index in [0.717, 1.165) is 0 Å². The number of nitrogens with one attached hydrogen (secondary N) is 1. The van der Waals surface area contributed by atoms with Crippen molar-refractivity contribution in [3.8, 4) is 0 Å². The molecular weight excluding hydrogens is 496 g/mol. The highest BCUT2D eigenvalue weighted by molar-refractivity contribution is 14.2. The molecule has 3 rings (SSSR count). The van der Waals surface area contributed by atoms with Crippen LogP contribution in [0, 0.1) is 0 Å². The van der Waals surface area contributed by atoms with Gasteiger partial charge in [0.25, 0.3) is 0 Å². The van der Waals surface area contributed by atoms with E-state index in [1.807, 2.05) is 0 Å². The maximum atomic E-state index is 12.6. The summed E-state index contributed by atoms with van der Waals surface area (Å²) in [6.45, 7) is 3.30. The van der Waals surface area contributed by atoms with Crippen molar-refractivity contribution < 1.29 is 8.42 Å². The molecule has 0 fully saturated rings. The number of hydrogen-bond acceptors (Lipinski definition) is 6. The molecule has 2 aromatic heterocycles. The third-order valence-electron chi connectivity index (χ3n) is 3.55. The first-order valence-electron chi connectivity index (χ1n) is 7.22. The third-order valence-corrected chi connectivity index (χ3v) is 7.79. The van der Waals surface area contributed by atoms with Crippen molar-refractivity contribution in [1.82, 2.24) is 19.5 Å². The summed E-state index contributed by atoms with van der Waals surface area (Å²) in [5, 5.41) is 7.55. The van der Waals surface area contributed by atoms with Gasteiger partial charge in [0, 0.05) is 0 Å². The summed E-state index contributed by atoms with van der Waals surface area (Å²) in [5.74, 6) is 0.419. The fraction of sp³-hybridized carbons (Fsp3) is 0.214. The molecule has 0 aliphatic carbocycles. The number of aromatic nitrogens is 4. The summed E-state index contributed by atoms with van der Waals surface area (Å²) in [6, 6.07) is 6.73. The number of anilines is 2. The van der Waals surface area contributed by atoms with Crippen molar-refractivity contribution >= 4 is 72.4 Å². The van der Waals surface area contributed by atoms with Crippen LogP contribution >= 0.6 is 40.0 Å². The molecule has 132 valence electrons. The topological polar surface area (TPSA) is 89.8 Å². The van der Waals surface area contributed by atoms with Crippen LogP contribution in [0.25, 0.3) is 11.0 Å². The Morgan fingerprint density at radius 3 is 2.68 bits per heavy atom. The highest BCUT2D eigenvalue weighted by atomic mass is 127. The van der Waals surface area contributed by atoms with E-state index in [4.69, 9.17) is 11.6 Å². The average molecular weight is 510 g/mol. The number of rotatable bonds is 5. The molecule has 0 saturated heterocycles. The molecule has 11 heteroatoms. The fourth-order valence-electron chi connectivity index (χ4n) is 2.24. The Hall–Kier alpha value is -1.03. The lowest BCUT2D eigenvalue weighted by molar-refractivity contribution is 0.588. The molecular formula is C14H14ClIN5O2PS. The van der Waals surface area contributed by atoms with E-state index in [1.54, 1.807) is 48.8 Å². The number of fused-ring (bicyclic) bond motifs is 1. The predicted octanol–water partition coefficient (Wildman–Crippen LogP) is 4.20. The zero-order valence-electron chi connectivity index (χ0n) is 13.2. The summed E-state index contributed by atoms with van der Waals surface area (Å²) in [6.07, 6.45) is 2.00. The van der Waals surface area contributed by atoms with E-state index < -0.39 is 15.1 Å². The maximum absolute atomic E-state index is 12.6. The first-order valence-corrected chi connectivity index (χ1v) is 13.2. The van der Waals surface area contributed by atoms with Crippen LogP contribution in [-0.2, 0) is 9.84 Å². The van der Waals surface area contributed by atoms with Crippen molar-refractivity contribution in [2.24, 2.45) is 0 Å². The van der Waals surface area contributed by atoms with Crippen LogP contribution in [0.3, 0.4) is 0 Å². The summed E-state index contributed by atoms with van der Waals surface area (Å²) in [5.41, 5.74) is 1.04. The van der Waals surface area contributed by atoms with Crippen LogP contribution in [0.15, 0.2) is 35.4 Å². The molecule has 0 spiro atoms. The Morgan fingerprint density at radius 1 is 1.28 bits per heavy atom. The van der Waals surface area contributed by atoms with Gasteiger partial charge in [-0.15, -0.1) is 0 Å². The normalized spacial score (nSPS) is 12.5. The van der Waals surface area contributed by atoms with Crippen LogP contribution in [0.2, 0.25) is 5.28 Å². The number of sulfone groups is 1. The van der Waals surface area contributed by atoms with Crippen LogP contribution in [0.1, 0.15) is 13.8 Å². The SMILES string of the molecule is CC(C)S(=O)(=O)c1ccccc1Nc1nc(Cl)nc2c1cnn2PI. The monoisotopic (exact) mass is 509 g/mol. The number of hydrogen-bond donors (Lipinski definition) is 1. The molecule has 1 atom stereocenters. The minimum atomic E-state index is -3.45. The molecule has 1 unspecified atom stereocenters. The van der Waals surface area contributed by atoms with Gasteiger partial charge >= 0.3 is 0 Å². The van der Waals surface area contributed by atoms with E-state index in [9.17, 15) is 8.42 Å². The van der Waals surface area contributed by atoms with Crippen LogP contribution in [-0.4, -0.2) is 33.2 Å². The van der Waals surface area contributed by atoms with Gasteiger partial charge < -0.3 is 5.32 Å². The second kappa shape index (κ2) is 7.30. The van der Waals surface area contributed by atoms with E-state index in [-0.39, 0.29) is 10.2 Å². The maximum Gasteiger partial charge on any atom is 0.226 e. The first kappa shape index (κ1) is 18.8. The molecule has 0 bridgehead atoms. The molecule has 0 aliphatic rings. The minimum absolute atomic E-state index is 0.0654. The predicted molar refractivity (Wildman–Crippen MR) is 110 cm³/mol. The van der Waals surface area contributed by atoms with Gasteiger partial charge in [0.15, 0.2) is 15.5 Å². The van der Waals surface area contributed by atoms with E-state index in [0.29, 0.717) is 28.9 Å². The number of para-hydroxylation sites is 1. The lowest BCUT2D eigenvalue weighted by Crippen LogP contribution is -2.15. The smallest absolute Gasteiger partial charge is 0.226 e. The Kier molecular flexibility index (Phi) is 5.48. The van der Waals surface area contributed by atoms with Crippen LogP contribution in [0.5, 0.6) is 0 Å². The molecule has 25 heavy (non-hydrogen) atoms. The molecule has 2 heterocycles. The molecule has 1 N–H and O–H groups in total. The van der Waals surface area contributed by atoms with E-state index >= 15 is 0 Å². The van der Waals surface area contributed by atoms with Crippen molar-refractivity contribution in [3.05, 3.63) is 35.7 Å². The zero-order valence-corrected chi connectivity index (χ0v) is 18.0. The second-order valence-electron chi connectivity index (χ2n) is 5.43. The van der Waals surface area contributed by atoms with E-state index in [1.165, 1.54) is 0 Å². The van der Waals surface area contributed by atoms with Gasteiger partial charge in [-0.1, -0.05) is 12.1 Å². The van der Waals surface area contributed by atoms with Gasteiger partial charge in [-0.2, -0.15) is 15.1 Å². The zero-order chi connectivity index (χ0) is 18.2. The Morgan fingerprint density at radius 2 is 2.00 bits per heavy atom. The molecule has 0 amide bonds. The third kappa shape index (κ3) is 3.60. The standard InChI is InChI=1S/C14H14ClIN5O2PS/c1-8(2)25(22,23)11-6-4-3-5-10(11)18-12-9-7-17-21(24-16)13(9)20-14(15)19-12/h3-8,24H,1-2H3,(H,18,19,20). The fourth-order valence-corrected chi connectivity index (χ4v) is 5.02. The summed E-state index contributed by atoms with van der Waals surface area (Å²) >= 11 is 8.23. The highest BCUT2D eigenvalue weighted by Crippen LogP contribution is 2.33. The summed E-state index contributed by atoms with van der Waals surface area (Å²) < 4.78 is 26.9. The van der Waals surface area contributed by atoms with Gasteiger partial charge in [0.1, 0.15) is 5.82 Å². The van der Waals surface area contributed by atoms with E-state index in [2.05, 4.69) is 42.4 Å². The van der Waals surface area contributed by atoms with Gasteiger partial charge in [0.2, 0.25) is 5.28 Å². The number of nitrogens with zero attached hydrogens (tertiary/aromatic N) is 4. The van der Waals surface area contributed by atoms with Crippen molar-refractivity contribution in [2.45, 2.75) is 24.0 Å². The van der Waals surface area contributed by atoms with Crippen LogP contribution in [0.4, 0.5) is 11.5 Å². The van der Waals surface area contributed by atoms with Crippen molar-refractivity contribution in [3.63, 3.8) is 0 Å². The summed E-state index contributed by atoms with van der Waals surface area (Å²) in [4.78, 5) is 8.63. The first-order chi connectivity index (χ1) is 11.8. The largest absolute Gasteiger partial charge is 0.338 e. The lowest BCUT2D eigenvalue weighted by atomic mass is 10.3. The lowest BCUT2D eigenvalue weighted by Gasteiger charge is -2.14. The molecule has 0 aliphatic heterocycles. The van der Waals surface area contributed by atoms with Crippen molar-refractivity contribution in [1.29, 1.82) is 0 Å². The number of benzene rings is 1. The average Bonchev–Trinajstić information content (AvgIpc) is 2.98. The second-order valence-corrected chi connectivity index (χ2v) is 10.3.